The first-order chi connectivity index (χ1) is 15.0. The Bertz CT molecular complexity index is 896. The number of nitrogens with one attached hydrogen (secondary N) is 1. The Hall–Kier alpha value is -2.69. The number of likely N-dealkylation sites (tertiary alicyclic amines) is 1. The molecule has 1 aromatic heterocycles. The molecular formula is C26H33N3O2. The van der Waals surface area contributed by atoms with Crippen LogP contribution in [-0.2, 0) is 16.0 Å². The monoisotopic (exact) mass is 419 g/mol. The molecule has 0 spiro atoms. The number of nitrogens with zero attached hydrogens (tertiary/aromatic N) is 2. The van der Waals surface area contributed by atoms with Gasteiger partial charge in [-0.15, -0.1) is 0 Å². The van der Waals surface area contributed by atoms with E-state index in [4.69, 9.17) is 0 Å². The number of hydrogen-bond acceptors (Lipinski definition) is 3. The molecule has 164 valence electrons. The maximum absolute atomic E-state index is 13.3. The van der Waals surface area contributed by atoms with Crippen molar-refractivity contribution in [3.05, 3.63) is 54.4 Å². The lowest BCUT2D eigenvalue weighted by molar-refractivity contribution is -0.145. The molecule has 0 unspecified atom stereocenters. The second-order valence-electron chi connectivity index (χ2n) is 9.47. The van der Waals surface area contributed by atoms with Crippen LogP contribution >= 0.6 is 0 Å². The zero-order valence-electron chi connectivity index (χ0n) is 18.6. The number of carbonyl (C=O) groups is 2. The van der Waals surface area contributed by atoms with Crippen LogP contribution in [0.2, 0.25) is 0 Å². The third-order valence-corrected chi connectivity index (χ3v) is 6.90. The molecule has 2 amide bonds. The third kappa shape index (κ3) is 4.81. The van der Waals surface area contributed by atoms with E-state index in [1.54, 1.807) is 12.4 Å². The predicted octanol–water partition coefficient (Wildman–Crippen LogP) is 4.22. The highest BCUT2D eigenvalue weighted by Gasteiger charge is 2.43. The summed E-state index contributed by atoms with van der Waals surface area (Å²) in [6.45, 7) is 5.36. The molecule has 2 aromatic rings. The normalized spacial score (nSPS) is 18.5. The highest BCUT2D eigenvalue weighted by atomic mass is 16.2. The minimum Gasteiger partial charge on any atom is -0.353 e. The summed E-state index contributed by atoms with van der Waals surface area (Å²) in [5.74, 6) is 0.639. The molecule has 4 rings (SSSR count). The zero-order chi connectivity index (χ0) is 21.8. The zero-order valence-corrected chi connectivity index (χ0v) is 18.6. The maximum Gasteiger partial charge on any atom is 0.226 e. The maximum atomic E-state index is 13.3. The van der Waals surface area contributed by atoms with E-state index in [2.05, 4.69) is 34.6 Å². The number of piperidine rings is 1. The van der Waals surface area contributed by atoms with Gasteiger partial charge in [0.2, 0.25) is 11.8 Å². The fraction of sp³-hybridized carbons (Fsp3) is 0.500. The fourth-order valence-corrected chi connectivity index (χ4v) is 4.72. The summed E-state index contributed by atoms with van der Waals surface area (Å²) in [4.78, 5) is 32.1. The first-order valence-electron chi connectivity index (χ1n) is 11.6. The van der Waals surface area contributed by atoms with E-state index in [0.717, 1.165) is 42.4 Å². The van der Waals surface area contributed by atoms with E-state index in [1.165, 1.54) is 6.42 Å². The molecular weight excluding hydrogens is 386 g/mol. The van der Waals surface area contributed by atoms with E-state index in [-0.39, 0.29) is 17.9 Å². The van der Waals surface area contributed by atoms with Crippen LogP contribution < -0.4 is 5.32 Å². The predicted molar refractivity (Wildman–Crippen MR) is 122 cm³/mol. The van der Waals surface area contributed by atoms with Gasteiger partial charge in [-0.3, -0.25) is 14.6 Å². The van der Waals surface area contributed by atoms with Crippen LogP contribution in [0.25, 0.3) is 11.1 Å². The standard InChI is InChI=1S/C26H33N3O2/c1-19(2)28-25(31)26(12-16-29(17-13-26)24(30)23-4-3-5-23)18-20-6-8-21(9-7-20)22-10-14-27-15-11-22/h6-11,14-15,19,23H,3-5,12-13,16-18H2,1-2H3,(H,28,31). The average molecular weight is 420 g/mol. The van der Waals surface area contributed by atoms with Gasteiger partial charge in [-0.2, -0.15) is 0 Å². The minimum atomic E-state index is -0.459. The highest BCUT2D eigenvalue weighted by Crippen LogP contribution is 2.38. The molecule has 1 saturated carbocycles. The first-order valence-corrected chi connectivity index (χ1v) is 11.6. The minimum absolute atomic E-state index is 0.105. The smallest absolute Gasteiger partial charge is 0.226 e. The summed E-state index contributed by atoms with van der Waals surface area (Å²) in [5.41, 5.74) is 2.98. The Morgan fingerprint density at radius 1 is 1.03 bits per heavy atom. The van der Waals surface area contributed by atoms with Gasteiger partial charge in [0.25, 0.3) is 0 Å². The lowest BCUT2D eigenvalue weighted by Gasteiger charge is -2.43. The van der Waals surface area contributed by atoms with E-state index >= 15 is 0 Å². The van der Waals surface area contributed by atoms with E-state index < -0.39 is 5.41 Å². The number of pyridine rings is 1. The molecule has 31 heavy (non-hydrogen) atoms. The van der Waals surface area contributed by atoms with Crippen LogP contribution in [0.4, 0.5) is 0 Å². The molecule has 0 bridgehead atoms. The molecule has 1 saturated heterocycles. The van der Waals surface area contributed by atoms with Crippen molar-refractivity contribution in [2.24, 2.45) is 11.3 Å². The molecule has 2 heterocycles. The van der Waals surface area contributed by atoms with Crippen LogP contribution in [0, 0.1) is 11.3 Å². The topological polar surface area (TPSA) is 62.3 Å². The Balaban J connectivity index is 1.49. The SMILES string of the molecule is CC(C)NC(=O)C1(Cc2ccc(-c3ccncc3)cc2)CCN(C(=O)C2CCC2)CC1. The molecule has 1 aliphatic heterocycles. The number of aromatic nitrogens is 1. The van der Waals surface area contributed by atoms with Crippen molar-refractivity contribution in [3.8, 4) is 11.1 Å². The van der Waals surface area contributed by atoms with Gasteiger partial charge in [-0.1, -0.05) is 30.7 Å². The Morgan fingerprint density at radius 2 is 1.65 bits per heavy atom. The number of amides is 2. The summed E-state index contributed by atoms with van der Waals surface area (Å²) in [6.07, 6.45) is 8.96. The van der Waals surface area contributed by atoms with E-state index in [9.17, 15) is 9.59 Å². The molecule has 0 radical (unpaired) electrons. The van der Waals surface area contributed by atoms with Gasteiger partial charge in [-0.25, -0.2) is 0 Å². The Morgan fingerprint density at radius 3 is 2.19 bits per heavy atom. The van der Waals surface area contributed by atoms with Gasteiger partial charge in [0, 0.05) is 37.4 Å². The second-order valence-corrected chi connectivity index (χ2v) is 9.47. The van der Waals surface area contributed by atoms with Crippen molar-refractivity contribution in [1.82, 2.24) is 15.2 Å². The molecule has 0 atom stereocenters. The Kier molecular flexibility index (Phi) is 6.40. The highest BCUT2D eigenvalue weighted by molar-refractivity contribution is 5.84. The summed E-state index contributed by atoms with van der Waals surface area (Å²) < 4.78 is 0. The summed E-state index contributed by atoms with van der Waals surface area (Å²) in [5, 5.41) is 3.15. The van der Waals surface area contributed by atoms with Crippen LogP contribution in [-0.4, -0.2) is 40.8 Å². The van der Waals surface area contributed by atoms with Crippen molar-refractivity contribution < 1.29 is 9.59 Å². The van der Waals surface area contributed by atoms with Crippen LogP contribution in [0.1, 0.15) is 51.5 Å². The van der Waals surface area contributed by atoms with Crippen molar-refractivity contribution in [2.45, 2.75) is 58.4 Å². The van der Waals surface area contributed by atoms with Crippen molar-refractivity contribution in [2.75, 3.05) is 13.1 Å². The van der Waals surface area contributed by atoms with Gasteiger partial charge >= 0.3 is 0 Å². The molecule has 2 aliphatic rings. The van der Waals surface area contributed by atoms with Gasteiger partial charge in [0.15, 0.2) is 0 Å². The van der Waals surface area contributed by atoms with Crippen molar-refractivity contribution >= 4 is 11.8 Å². The van der Waals surface area contributed by atoms with Gasteiger partial charge < -0.3 is 10.2 Å². The number of rotatable bonds is 6. The quantitative estimate of drug-likeness (QED) is 0.762. The van der Waals surface area contributed by atoms with Crippen molar-refractivity contribution in [3.63, 3.8) is 0 Å². The number of hydrogen-bond donors (Lipinski definition) is 1. The average Bonchev–Trinajstić information content (AvgIpc) is 2.73. The number of benzene rings is 1. The molecule has 5 nitrogen and oxygen atoms in total. The summed E-state index contributed by atoms with van der Waals surface area (Å²) in [6, 6.07) is 12.6. The molecule has 1 aromatic carbocycles. The number of carbonyl (C=O) groups excluding carboxylic acids is 2. The third-order valence-electron chi connectivity index (χ3n) is 6.90. The van der Waals surface area contributed by atoms with Crippen LogP contribution in [0.15, 0.2) is 48.8 Å². The molecule has 1 N–H and O–H groups in total. The summed E-state index contributed by atoms with van der Waals surface area (Å²) in [7, 11) is 0. The lowest BCUT2D eigenvalue weighted by Crippen LogP contribution is -2.53. The Labute approximate surface area is 185 Å². The van der Waals surface area contributed by atoms with Gasteiger partial charge in [0.1, 0.15) is 0 Å². The molecule has 1 aliphatic carbocycles. The fourth-order valence-electron chi connectivity index (χ4n) is 4.72. The van der Waals surface area contributed by atoms with Crippen LogP contribution in [0.3, 0.4) is 0 Å². The van der Waals surface area contributed by atoms with Crippen molar-refractivity contribution in [1.29, 1.82) is 0 Å². The van der Waals surface area contributed by atoms with Gasteiger partial charge in [0.05, 0.1) is 5.41 Å². The van der Waals surface area contributed by atoms with Gasteiger partial charge in [-0.05, 0) is 74.8 Å². The largest absolute Gasteiger partial charge is 0.353 e. The first kappa shape index (κ1) is 21.5. The van der Waals surface area contributed by atoms with E-state index in [0.29, 0.717) is 25.4 Å². The lowest BCUT2D eigenvalue weighted by atomic mass is 9.72. The molecule has 5 heteroatoms. The molecule has 2 fully saturated rings. The van der Waals surface area contributed by atoms with E-state index in [1.807, 2.05) is 30.9 Å². The summed E-state index contributed by atoms with van der Waals surface area (Å²) >= 11 is 0. The second kappa shape index (κ2) is 9.21. The van der Waals surface area contributed by atoms with Crippen LogP contribution in [0.5, 0.6) is 0 Å².